The van der Waals surface area contributed by atoms with Gasteiger partial charge < -0.3 is 21.1 Å². The summed E-state index contributed by atoms with van der Waals surface area (Å²) in [5, 5.41) is 12.6. The number of aromatic nitrogens is 1. The Morgan fingerprint density at radius 2 is 2.00 bits per heavy atom. The third-order valence-electron chi connectivity index (χ3n) is 5.57. The maximum atomic E-state index is 14.6. The number of halogens is 1. The molecular formula is C22H29FN4O3S. The van der Waals surface area contributed by atoms with Gasteiger partial charge in [0.1, 0.15) is 12.1 Å². The number of nitrogens with zero attached hydrogens (tertiary/aromatic N) is 2. The van der Waals surface area contributed by atoms with Crippen molar-refractivity contribution in [2.24, 2.45) is 11.1 Å². The highest BCUT2D eigenvalue weighted by atomic mass is 32.1. The number of hydrogen-bond acceptors (Lipinski definition) is 6. The first-order valence-electron chi connectivity index (χ1n) is 10.2. The van der Waals surface area contributed by atoms with E-state index in [9.17, 15) is 19.1 Å². The molecule has 0 radical (unpaired) electrons. The normalized spacial score (nSPS) is 22.4. The van der Waals surface area contributed by atoms with E-state index >= 15 is 0 Å². The van der Waals surface area contributed by atoms with Gasteiger partial charge in [-0.05, 0) is 23.5 Å². The predicted octanol–water partition coefficient (Wildman–Crippen LogP) is 2.02. The molecule has 9 heteroatoms. The number of carbonyl (C=O) groups excluding carboxylic acids is 2. The van der Waals surface area contributed by atoms with E-state index < -0.39 is 41.6 Å². The molecule has 4 N–H and O–H groups in total. The third-order valence-corrected chi connectivity index (χ3v) is 6.55. The Kier molecular flexibility index (Phi) is 6.78. The number of aliphatic hydroxyl groups excluding tert-OH is 1. The van der Waals surface area contributed by atoms with Gasteiger partial charge in [0.2, 0.25) is 11.8 Å². The van der Waals surface area contributed by atoms with Gasteiger partial charge in [-0.25, -0.2) is 9.37 Å². The van der Waals surface area contributed by atoms with Crippen molar-refractivity contribution in [1.29, 1.82) is 0 Å². The van der Waals surface area contributed by atoms with Gasteiger partial charge in [-0.3, -0.25) is 9.59 Å². The van der Waals surface area contributed by atoms with Crippen LogP contribution in [-0.2, 0) is 16.1 Å². The van der Waals surface area contributed by atoms with Gasteiger partial charge in [0.25, 0.3) is 0 Å². The largest absolute Gasteiger partial charge is 0.388 e. The van der Waals surface area contributed by atoms with Crippen LogP contribution in [0.5, 0.6) is 0 Å². The fourth-order valence-corrected chi connectivity index (χ4v) is 4.32. The van der Waals surface area contributed by atoms with Crippen molar-refractivity contribution in [1.82, 2.24) is 15.2 Å². The zero-order chi connectivity index (χ0) is 22.9. The van der Waals surface area contributed by atoms with Crippen molar-refractivity contribution in [2.75, 3.05) is 6.54 Å². The molecule has 2 aromatic rings. The molecule has 2 heterocycles. The standard InChI is InChI=1S/C22H29FN4O3S/c1-12-18(31-11-26-12)14-7-5-13(6-8-14)9-25-20(29)17-16(23)15(28)10-27(17)21(30)19(24)22(2,3)4/h5-8,11,15-17,19,28H,9-10,24H2,1-4H3,(H,25,29)/t15-,16+,17-,19+/m0/s1. The number of thiazole rings is 1. The molecular weight excluding hydrogens is 419 g/mol. The molecule has 4 atom stereocenters. The maximum Gasteiger partial charge on any atom is 0.246 e. The highest BCUT2D eigenvalue weighted by Gasteiger charge is 2.49. The van der Waals surface area contributed by atoms with Crippen molar-refractivity contribution in [3.8, 4) is 10.4 Å². The number of nitrogens with one attached hydrogen (secondary N) is 1. The Hall–Kier alpha value is -2.36. The Labute approximate surface area is 185 Å². The van der Waals surface area contributed by atoms with E-state index in [1.165, 1.54) is 0 Å². The fraction of sp³-hybridized carbons (Fsp3) is 0.500. The zero-order valence-corrected chi connectivity index (χ0v) is 18.9. The number of nitrogens with two attached hydrogens (primary N) is 1. The number of alkyl halides is 1. The van der Waals surface area contributed by atoms with E-state index in [-0.39, 0.29) is 13.1 Å². The highest BCUT2D eigenvalue weighted by molar-refractivity contribution is 7.13. The molecule has 1 fully saturated rings. The number of benzene rings is 1. The van der Waals surface area contributed by atoms with Gasteiger partial charge >= 0.3 is 0 Å². The summed E-state index contributed by atoms with van der Waals surface area (Å²) >= 11 is 1.56. The van der Waals surface area contributed by atoms with Crippen molar-refractivity contribution < 1.29 is 19.1 Å². The summed E-state index contributed by atoms with van der Waals surface area (Å²) in [5.74, 6) is -1.20. The van der Waals surface area contributed by atoms with Crippen LogP contribution in [0.1, 0.15) is 32.0 Å². The third kappa shape index (κ3) is 4.94. The Bertz CT molecular complexity index is 941. The topological polar surface area (TPSA) is 109 Å². The summed E-state index contributed by atoms with van der Waals surface area (Å²) in [6, 6.07) is 5.32. The summed E-state index contributed by atoms with van der Waals surface area (Å²) in [5.41, 5.74) is 10.1. The van der Waals surface area contributed by atoms with Gasteiger partial charge in [-0.1, -0.05) is 45.0 Å². The highest BCUT2D eigenvalue weighted by Crippen LogP contribution is 2.28. The van der Waals surface area contributed by atoms with Crippen LogP contribution in [0.2, 0.25) is 0 Å². The average Bonchev–Trinajstić information content (AvgIpc) is 3.28. The van der Waals surface area contributed by atoms with Crippen LogP contribution in [0, 0.1) is 12.3 Å². The summed E-state index contributed by atoms with van der Waals surface area (Å²) in [4.78, 5) is 31.9. The van der Waals surface area contributed by atoms with Crippen molar-refractivity contribution in [3.63, 3.8) is 0 Å². The molecule has 1 saturated heterocycles. The number of β-amino-alcohol motifs (C(OH)–C–C–N with tert-alkyl or cyclic N) is 1. The number of carbonyl (C=O) groups is 2. The molecule has 168 valence electrons. The summed E-state index contributed by atoms with van der Waals surface area (Å²) in [6.45, 7) is 7.24. The lowest BCUT2D eigenvalue weighted by atomic mass is 9.86. The van der Waals surface area contributed by atoms with Gasteiger partial charge in [0, 0.05) is 6.54 Å². The number of amides is 2. The predicted molar refractivity (Wildman–Crippen MR) is 118 cm³/mol. The van der Waals surface area contributed by atoms with Crippen LogP contribution < -0.4 is 11.1 Å². The lowest BCUT2D eigenvalue weighted by Crippen LogP contribution is -2.56. The minimum absolute atomic E-state index is 0.174. The minimum Gasteiger partial charge on any atom is -0.388 e. The number of hydrogen-bond donors (Lipinski definition) is 3. The van der Waals surface area contributed by atoms with E-state index in [1.54, 1.807) is 37.6 Å². The Balaban J connectivity index is 1.68. The first-order chi connectivity index (χ1) is 14.5. The molecule has 0 spiro atoms. The minimum atomic E-state index is -1.87. The molecule has 0 unspecified atom stereocenters. The summed E-state index contributed by atoms with van der Waals surface area (Å²) < 4.78 is 14.6. The molecule has 2 amide bonds. The first-order valence-corrected chi connectivity index (χ1v) is 11.0. The smallest absolute Gasteiger partial charge is 0.246 e. The summed E-state index contributed by atoms with van der Waals surface area (Å²) in [7, 11) is 0. The van der Waals surface area contributed by atoms with Crippen molar-refractivity contribution in [3.05, 3.63) is 41.0 Å². The zero-order valence-electron chi connectivity index (χ0n) is 18.1. The van der Waals surface area contributed by atoms with Gasteiger partial charge in [0.05, 0.1) is 28.7 Å². The van der Waals surface area contributed by atoms with Crippen molar-refractivity contribution in [2.45, 2.75) is 58.6 Å². The lowest BCUT2D eigenvalue weighted by Gasteiger charge is -2.32. The van der Waals surface area contributed by atoms with E-state index in [1.807, 2.05) is 31.2 Å². The SMILES string of the molecule is Cc1ncsc1-c1ccc(CNC(=O)[C@@H]2[C@H](F)[C@@H](O)CN2C(=O)[C@@H](N)C(C)(C)C)cc1. The molecule has 0 bridgehead atoms. The second-order valence-electron chi connectivity index (χ2n) is 8.97. The Morgan fingerprint density at radius 3 is 2.55 bits per heavy atom. The second kappa shape index (κ2) is 9.02. The molecule has 1 aromatic carbocycles. The Morgan fingerprint density at radius 1 is 1.35 bits per heavy atom. The molecule has 1 aliphatic heterocycles. The summed E-state index contributed by atoms with van der Waals surface area (Å²) in [6.07, 6.45) is -3.29. The molecule has 1 aromatic heterocycles. The lowest BCUT2D eigenvalue weighted by molar-refractivity contribution is -0.142. The van der Waals surface area contributed by atoms with E-state index in [0.29, 0.717) is 0 Å². The van der Waals surface area contributed by atoms with Crippen LogP contribution in [0.4, 0.5) is 4.39 Å². The molecule has 3 rings (SSSR count). The molecule has 1 aliphatic rings. The van der Waals surface area contributed by atoms with Crippen LogP contribution in [0.15, 0.2) is 29.8 Å². The number of aryl methyl sites for hydroxylation is 1. The molecule has 0 aliphatic carbocycles. The van der Waals surface area contributed by atoms with E-state index in [4.69, 9.17) is 5.73 Å². The number of aliphatic hydroxyl groups is 1. The van der Waals surface area contributed by atoms with E-state index in [2.05, 4.69) is 10.3 Å². The monoisotopic (exact) mass is 448 g/mol. The fourth-order valence-electron chi connectivity index (χ4n) is 3.51. The van der Waals surface area contributed by atoms with Crippen LogP contribution >= 0.6 is 11.3 Å². The first kappa shape index (κ1) is 23.3. The number of likely N-dealkylation sites (tertiary alicyclic amines) is 1. The van der Waals surface area contributed by atoms with Crippen molar-refractivity contribution >= 4 is 23.2 Å². The van der Waals surface area contributed by atoms with E-state index in [0.717, 1.165) is 26.6 Å². The second-order valence-corrected chi connectivity index (χ2v) is 9.83. The average molecular weight is 449 g/mol. The van der Waals surface area contributed by atoms with Gasteiger partial charge in [-0.2, -0.15) is 0 Å². The van der Waals surface area contributed by atoms with Crippen LogP contribution in [0.3, 0.4) is 0 Å². The molecule has 0 saturated carbocycles. The number of rotatable bonds is 5. The quantitative estimate of drug-likeness (QED) is 0.649. The molecule has 31 heavy (non-hydrogen) atoms. The molecule has 7 nitrogen and oxygen atoms in total. The van der Waals surface area contributed by atoms with Crippen LogP contribution in [0.25, 0.3) is 10.4 Å². The van der Waals surface area contributed by atoms with Gasteiger partial charge in [-0.15, -0.1) is 11.3 Å². The van der Waals surface area contributed by atoms with Gasteiger partial charge in [0.15, 0.2) is 6.17 Å². The van der Waals surface area contributed by atoms with Crippen LogP contribution in [-0.4, -0.2) is 57.7 Å². The maximum absolute atomic E-state index is 14.6.